The van der Waals surface area contributed by atoms with Crippen LogP contribution in [-0.2, 0) is 20.7 Å². The third kappa shape index (κ3) is 5.03. The average molecular weight is 478 g/mol. The number of nitrogens with zero attached hydrogens (tertiary/aromatic N) is 2. The molecule has 2 atom stereocenters. The molecule has 0 aliphatic carbocycles. The SMILES string of the molecule is O=C(O)CC1OC(=NN=C2c3cc(Cl)cc(Cl)c3SCC2Cc2ccccc2)NC1=O. The molecule has 2 unspecified atom stereocenters. The number of carbonyl (C=O) groups excluding carboxylic acids is 1. The highest BCUT2D eigenvalue weighted by molar-refractivity contribution is 7.99. The van der Waals surface area contributed by atoms with Crippen molar-refractivity contribution < 1.29 is 19.4 Å². The fraction of sp³-hybridized carbons (Fsp3) is 0.238. The summed E-state index contributed by atoms with van der Waals surface area (Å²) in [4.78, 5) is 23.6. The zero-order chi connectivity index (χ0) is 22.0. The lowest BCUT2D eigenvalue weighted by molar-refractivity contribution is -0.141. The van der Waals surface area contributed by atoms with Gasteiger partial charge in [-0.1, -0.05) is 58.6 Å². The lowest BCUT2D eigenvalue weighted by Crippen LogP contribution is -2.27. The van der Waals surface area contributed by atoms with Crippen LogP contribution in [0.5, 0.6) is 0 Å². The molecule has 2 N–H and O–H groups in total. The van der Waals surface area contributed by atoms with Crippen molar-refractivity contribution in [1.82, 2.24) is 5.32 Å². The highest BCUT2D eigenvalue weighted by atomic mass is 35.5. The summed E-state index contributed by atoms with van der Waals surface area (Å²) < 4.78 is 5.31. The number of ether oxygens (including phenoxy) is 1. The first-order chi connectivity index (χ1) is 14.9. The average Bonchev–Trinajstić information content (AvgIpc) is 3.06. The molecule has 4 rings (SSSR count). The number of nitrogens with one attached hydrogen (secondary N) is 1. The van der Waals surface area contributed by atoms with Gasteiger partial charge < -0.3 is 9.84 Å². The quantitative estimate of drug-likeness (QED) is 0.633. The fourth-order valence-electron chi connectivity index (χ4n) is 3.41. The van der Waals surface area contributed by atoms with Gasteiger partial charge >= 0.3 is 12.0 Å². The second kappa shape index (κ2) is 9.30. The second-order valence-electron chi connectivity index (χ2n) is 7.05. The number of carbonyl (C=O) groups is 2. The van der Waals surface area contributed by atoms with Gasteiger partial charge in [-0.3, -0.25) is 14.9 Å². The van der Waals surface area contributed by atoms with E-state index in [9.17, 15) is 9.59 Å². The van der Waals surface area contributed by atoms with E-state index in [1.165, 1.54) is 0 Å². The Bertz CT molecular complexity index is 1090. The highest BCUT2D eigenvalue weighted by Crippen LogP contribution is 2.41. The molecule has 0 saturated carbocycles. The minimum absolute atomic E-state index is 0.0192. The second-order valence-corrected chi connectivity index (χ2v) is 8.92. The van der Waals surface area contributed by atoms with Crippen LogP contribution >= 0.6 is 35.0 Å². The van der Waals surface area contributed by atoms with Gasteiger partial charge in [0.25, 0.3) is 5.91 Å². The fourth-order valence-corrected chi connectivity index (χ4v) is 5.23. The van der Waals surface area contributed by atoms with Gasteiger partial charge in [0.05, 0.1) is 17.2 Å². The number of halogens is 2. The van der Waals surface area contributed by atoms with E-state index in [1.54, 1.807) is 23.9 Å². The van der Waals surface area contributed by atoms with Crippen LogP contribution < -0.4 is 5.32 Å². The number of amidine groups is 1. The first-order valence-corrected chi connectivity index (χ1v) is 11.2. The van der Waals surface area contributed by atoms with Crippen molar-refractivity contribution in [2.45, 2.75) is 23.8 Å². The standard InChI is InChI=1S/C21H17Cl2N3O4S/c22-13-7-14-18(25-26-21-24-20(29)16(30-21)9-17(27)28)12(6-11-4-2-1-3-5-11)10-31-19(14)15(23)8-13/h1-5,7-8,12,16H,6,9-10H2,(H,27,28)(H,24,26,29). The molecule has 2 aliphatic heterocycles. The molecule has 0 aromatic heterocycles. The molecule has 0 radical (unpaired) electrons. The van der Waals surface area contributed by atoms with E-state index in [4.69, 9.17) is 33.0 Å². The zero-order valence-electron chi connectivity index (χ0n) is 16.0. The predicted octanol–water partition coefficient (Wildman–Crippen LogP) is 4.01. The summed E-state index contributed by atoms with van der Waals surface area (Å²) in [6, 6.07) is 13.4. The van der Waals surface area contributed by atoms with Gasteiger partial charge in [0.2, 0.25) is 0 Å². The number of amides is 1. The van der Waals surface area contributed by atoms with Crippen LogP contribution in [0.1, 0.15) is 17.5 Å². The van der Waals surface area contributed by atoms with Crippen molar-refractivity contribution in [3.05, 3.63) is 63.6 Å². The maximum Gasteiger partial charge on any atom is 0.316 e. The Kier molecular flexibility index (Phi) is 6.50. The predicted molar refractivity (Wildman–Crippen MR) is 120 cm³/mol. The number of hydrogen-bond acceptors (Lipinski definition) is 6. The van der Waals surface area contributed by atoms with Crippen LogP contribution in [0.2, 0.25) is 10.0 Å². The molecule has 1 saturated heterocycles. The molecule has 10 heteroatoms. The molecule has 0 bridgehead atoms. The monoisotopic (exact) mass is 477 g/mol. The minimum atomic E-state index is -1.14. The third-order valence-corrected chi connectivity index (χ3v) is 6.74. The van der Waals surface area contributed by atoms with E-state index in [0.29, 0.717) is 15.8 Å². The van der Waals surface area contributed by atoms with Gasteiger partial charge in [0.1, 0.15) is 0 Å². The van der Waals surface area contributed by atoms with Crippen molar-refractivity contribution >= 4 is 58.6 Å². The molecule has 2 aliphatic rings. The Hall–Kier alpha value is -2.55. The normalized spacial score (nSPS) is 22.8. The first-order valence-electron chi connectivity index (χ1n) is 9.41. The van der Waals surface area contributed by atoms with Crippen molar-refractivity contribution in [1.29, 1.82) is 0 Å². The van der Waals surface area contributed by atoms with Crippen LogP contribution in [0.25, 0.3) is 0 Å². The van der Waals surface area contributed by atoms with Crippen molar-refractivity contribution in [3.8, 4) is 0 Å². The molecular formula is C21H17Cl2N3O4S. The Morgan fingerprint density at radius 1 is 1.23 bits per heavy atom. The summed E-state index contributed by atoms with van der Waals surface area (Å²) in [6.45, 7) is 0. The summed E-state index contributed by atoms with van der Waals surface area (Å²) in [5, 5.41) is 20.8. The molecule has 1 fully saturated rings. The number of thioether (sulfide) groups is 1. The maximum absolute atomic E-state index is 11.9. The highest BCUT2D eigenvalue weighted by Gasteiger charge is 2.33. The van der Waals surface area contributed by atoms with Crippen LogP contribution in [0.15, 0.2) is 57.6 Å². The zero-order valence-corrected chi connectivity index (χ0v) is 18.4. The number of fused-ring (bicyclic) bond motifs is 1. The molecule has 7 nitrogen and oxygen atoms in total. The van der Waals surface area contributed by atoms with E-state index in [-0.39, 0.29) is 11.9 Å². The van der Waals surface area contributed by atoms with E-state index >= 15 is 0 Å². The maximum atomic E-state index is 11.9. The molecule has 2 heterocycles. The van der Waals surface area contributed by atoms with Crippen LogP contribution in [0, 0.1) is 5.92 Å². The summed E-state index contributed by atoms with van der Waals surface area (Å²) in [6.07, 6.45) is -0.853. The largest absolute Gasteiger partial charge is 0.481 e. The topological polar surface area (TPSA) is 100 Å². The first kappa shape index (κ1) is 21.7. The summed E-state index contributed by atoms with van der Waals surface area (Å²) in [7, 11) is 0. The molecule has 31 heavy (non-hydrogen) atoms. The molecule has 160 valence electrons. The van der Waals surface area contributed by atoms with E-state index in [0.717, 1.165) is 28.2 Å². The van der Waals surface area contributed by atoms with Crippen LogP contribution in [0.3, 0.4) is 0 Å². The number of rotatable bonds is 5. The molecule has 0 spiro atoms. The number of hydrogen-bond donors (Lipinski definition) is 2. The Labute approximate surface area is 192 Å². The van der Waals surface area contributed by atoms with Gasteiger partial charge in [-0.25, -0.2) is 0 Å². The molecule has 1 amide bonds. The van der Waals surface area contributed by atoms with Crippen LogP contribution in [-0.4, -0.2) is 40.6 Å². The Morgan fingerprint density at radius 3 is 2.74 bits per heavy atom. The van der Waals surface area contributed by atoms with Gasteiger partial charge in [-0.2, -0.15) is 0 Å². The number of carboxylic acid groups (broad SMARTS) is 1. The van der Waals surface area contributed by atoms with Gasteiger partial charge in [0, 0.05) is 27.2 Å². The smallest absolute Gasteiger partial charge is 0.316 e. The van der Waals surface area contributed by atoms with E-state index < -0.39 is 24.4 Å². The van der Waals surface area contributed by atoms with Crippen LogP contribution in [0.4, 0.5) is 0 Å². The lowest BCUT2D eigenvalue weighted by Gasteiger charge is -2.26. The van der Waals surface area contributed by atoms with Crippen molar-refractivity contribution in [2.24, 2.45) is 16.1 Å². The lowest BCUT2D eigenvalue weighted by atomic mass is 9.91. The Balaban J connectivity index is 1.68. The molecule has 2 aromatic carbocycles. The van der Waals surface area contributed by atoms with Gasteiger partial charge in [0.15, 0.2) is 6.10 Å². The van der Waals surface area contributed by atoms with Crippen molar-refractivity contribution in [3.63, 3.8) is 0 Å². The molecule has 2 aromatic rings. The number of aliphatic carboxylic acids is 1. The summed E-state index contributed by atoms with van der Waals surface area (Å²) >= 11 is 14.3. The van der Waals surface area contributed by atoms with Gasteiger partial charge in [-0.15, -0.1) is 16.9 Å². The Morgan fingerprint density at radius 2 is 2.00 bits per heavy atom. The van der Waals surface area contributed by atoms with Gasteiger partial charge in [-0.05, 0) is 24.1 Å². The number of carboxylic acids is 1. The minimum Gasteiger partial charge on any atom is -0.481 e. The van der Waals surface area contributed by atoms with E-state index in [2.05, 4.69) is 15.5 Å². The summed E-state index contributed by atoms with van der Waals surface area (Å²) in [5.41, 5.74) is 2.61. The van der Waals surface area contributed by atoms with E-state index in [1.807, 2.05) is 30.3 Å². The van der Waals surface area contributed by atoms with Crippen molar-refractivity contribution in [2.75, 3.05) is 5.75 Å². The summed E-state index contributed by atoms with van der Waals surface area (Å²) in [5.74, 6) is -0.946. The molecular weight excluding hydrogens is 461 g/mol. The third-order valence-electron chi connectivity index (χ3n) is 4.81. The number of benzene rings is 2.